The fraction of sp³-hybridized carbons (Fsp3) is 1.00. The summed E-state index contributed by atoms with van der Waals surface area (Å²) in [6.45, 7) is 5.05. The highest BCUT2D eigenvalue weighted by atomic mass is 32.2. The number of aliphatic hydroxyl groups excluding tert-OH is 1. The predicted octanol–water partition coefficient (Wildman–Crippen LogP) is 1.65. The molecule has 3 unspecified atom stereocenters. The van der Waals surface area contributed by atoms with Crippen LogP contribution in [0.15, 0.2) is 0 Å². The number of thioether (sulfide) groups is 1. The van der Waals surface area contributed by atoms with Crippen LogP contribution in [0.2, 0.25) is 0 Å². The van der Waals surface area contributed by atoms with Crippen molar-refractivity contribution in [1.29, 1.82) is 0 Å². The quantitative estimate of drug-likeness (QED) is 0.718. The zero-order chi connectivity index (χ0) is 12.0. The SMILES string of the molecule is CSC1CCCC1NCC(O)COC(C)C. The summed E-state index contributed by atoms with van der Waals surface area (Å²) in [5, 5.41) is 13.9. The number of aliphatic hydroxyl groups is 1. The van der Waals surface area contributed by atoms with Crippen molar-refractivity contribution >= 4 is 11.8 Å². The largest absolute Gasteiger partial charge is 0.389 e. The van der Waals surface area contributed by atoms with Crippen LogP contribution in [0, 0.1) is 0 Å². The van der Waals surface area contributed by atoms with Gasteiger partial charge in [0.15, 0.2) is 0 Å². The van der Waals surface area contributed by atoms with Gasteiger partial charge in [0.1, 0.15) is 0 Å². The molecule has 3 nitrogen and oxygen atoms in total. The van der Waals surface area contributed by atoms with Crippen LogP contribution in [0.5, 0.6) is 0 Å². The molecule has 0 aromatic carbocycles. The first kappa shape index (κ1) is 14.3. The highest BCUT2D eigenvalue weighted by Crippen LogP contribution is 2.28. The van der Waals surface area contributed by atoms with E-state index in [9.17, 15) is 5.11 Å². The first-order chi connectivity index (χ1) is 7.63. The molecule has 1 aliphatic rings. The fourth-order valence-electron chi connectivity index (χ4n) is 2.09. The minimum atomic E-state index is -0.384. The van der Waals surface area contributed by atoms with Gasteiger partial charge in [-0.1, -0.05) is 6.42 Å². The lowest BCUT2D eigenvalue weighted by Crippen LogP contribution is -2.40. The van der Waals surface area contributed by atoms with Crippen molar-refractivity contribution in [3.05, 3.63) is 0 Å². The predicted molar refractivity (Wildman–Crippen MR) is 70.0 cm³/mol. The van der Waals surface area contributed by atoms with Gasteiger partial charge in [-0.2, -0.15) is 11.8 Å². The second kappa shape index (κ2) is 7.54. The average Bonchev–Trinajstić information content (AvgIpc) is 2.70. The zero-order valence-electron chi connectivity index (χ0n) is 10.6. The second-order valence-corrected chi connectivity index (χ2v) is 5.83. The molecular weight excluding hydrogens is 222 g/mol. The van der Waals surface area contributed by atoms with Crippen LogP contribution in [0.3, 0.4) is 0 Å². The average molecular weight is 247 g/mol. The minimum absolute atomic E-state index is 0.195. The van der Waals surface area contributed by atoms with Crippen LogP contribution < -0.4 is 5.32 Å². The molecule has 0 bridgehead atoms. The van der Waals surface area contributed by atoms with E-state index >= 15 is 0 Å². The molecule has 0 aromatic rings. The molecule has 16 heavy (non-hydrogen) atoms. The molecule has 0 spiro atoms. The molecule has 2 N–H and O–H groups in total. The van der Waals surface area contributed by atoms with Gasteiger partial charge in [-0.25, -0.2) is 0 Å². The molecular formula is C12H25NO2S. The number of nitrogens with one attached hydrogen (secondary N) is 1. The lowest BCUT2D eigenvalue weighted by atomic mass is 10.2. The van der Waals surface area contributed by atoms with E-state index in [0.717, 1.165) is 5.25 Å². The van der Waals surface area contributed by atoms with Crippen molar-refractivity contribution in [1.82, 2.24) is 5.32 Å². The summed E-state index contributed by atoms with van der Waals surface area (Å²) in [4.78, 5) is 0. The Morgan fingerprint density at radius 3 is 2.81 bits per heavy atom. The maximum Gasteiger partial charge on any atom is 0.0897 e. The maximum atomic E-state index is 9.72. The Kier molecular flexibility index (Phi) is 6.73. The van der Waals surface area contributed by atoms with Crippen LogP contribution in [-0.4, -0.2) is 48.0 Å². The summed E-state index contributed by atoms with van der Waals surface area (Å²) in [7, 11) is 0. The zero-order valence-corrected chi connectivity index (χ0v) is 11.4. The van der Waals surface area contributed by atoms with Crippen molar-refractivity contribution in [3.8, 4) is 0 Å². The van der Waals surface area contributed by atoms with Crippen LogP contribution in [0.4, 0.5) is 0 Å². The number of rotatable bonds is 7. The topological polar surface area (TPSA) is 41.5 Å². The Balaban J connectivity index is 2.13. The van der Waals surface area contributed by atoms with Gasteiger partial charge < -0.3 is 15.2 Å². The van der Waals surface area contributed by atoms with E-state index in [0.29, 0.717) is 19.2 Å². The molecule has 1 fully saturated rings. The van der Waals surface area contributed by atoms with Gasteiger partial charge in [0.25, 0.3) is 0 Å². The molecule has 0 aromatic heterocycles. The van der Waals surface area contributed by atoms with Crippen molar-refractivity contribution in [2.45, 2.75) is 56.6 Å². The van der Waals surface area contributed by atoms with Gasteiger partial charge in [0.05, 0.1) is 18.8 Å². The monoisotopic (exact) mass is 247 g/mol. The summed E-state index contributed by atoms with van der Waals surface area (Å²) in [6.07, 6.45) is 5.83. The lowest BCUT2D eigenvalue weighted by molar-refractivity contribution is 0.00557. The van der Waals surface area contributed by atoms with Gasteiger partial charge in [0.2, 0.25) is 0 Å². The summed E-state index contributed by atoms with van der Waals surface area (Å²) in [5.41, 5.74) is 0. The Morgan fingerprint density at radius 1 is 1.44 bits per heavy atom. The minimum Gasteiger partial charge on any atom is -0.389 e. The van der Waals surface area contributed by atoms with E-state index in [4.69, 9.17) is 4.74 Å². The third-order valence-electron chi connectivity index (χ3n) is 2.99. The maximum absolute atomic E-state index is 9.72. The second-order valence-electron chi connectivity index (χ2n) is 4.76. The van der Waals surface area contributed by atoms with Crippen molar-refractivity contribution in [3.63, 3.8) is 0 Å². The van der Waals surface area contributed by atoms with Crippen molar-refractivity contribution < 1.29 is 9.84 Å². The molecule has 0 saturated heterocycles. The van der Waals surface area contributed by atoms with E-state index in [1.807, 2.05) is 25.6 Å². The van der Waals surface area contributed by atoms with Crippen molar-refractivity contribution in [2.75, 3.05) is 19.4 Å². The molecule has 0 amide bonds. The summed E-state index contributed by atoms with van der Waals surface area (Å²) < 4.78 is 5.38. The molecule has 0 heterocycles. The molecule has 1 aliphatic carbocycles. The molecule has 3 atom stereocenters. The van der Waals surface area contributed by atoms with E-state index in [1.165, 1.54) is 19.3 Å². The van der Waals surface area contributed by atoms with E-state index in [-0.39, 0.29) is 12.2 Å². The molecule has 0 radical (unpaired) electrons. The van der Waals surface area contributed by atoms with E-state index in [2.05, 4.69) is 11.6 Å². The molecule has 1 saturated carbocycles. The number of hydrogen-bond donors (Lipinski definition) is 2. The van der Waals surface area contributed by atoms with Gasteiger partial charge in [0, 0.05) is 17.8 Å². The van der Waals surface area contributed by atoms with Crippen LogP contribution in [-0.2, 0) is 4.74 Å². The molecule has 4 heteroatoms. The normalized spacial score (nSPS) is 27.6. The summed E-state index contributed by atoms with van der Waals surface area (Å²) >= 11 is 1.94. The van der Waals surface area contributed by atoms with Gasteiger partial charge in [-0.05, 0) is 32.9 Å². The Hall–Kier alpha value is 0.230. The lowest BCUT2D eigenvalue weighted by Gasteiger charge is -2.21. The van der Waals surface area contributed by atoms with E-state index < -0.39 is 0 Å². The van der Waals surface area contributed by atoms with Gasteiger partial charge >= 0.3 is 0 Å². The van der Waals surface area contributed by atoms with E-state index in [1.54, 1.807) is 0 Å². The highest BCUT2D eigenvalue weighted by Gasteiger charge is 2.26. The number of ether oxygens (including phenoxy) is 1. The van der Waals surface area contributed by atoms with Gasteiger partial charge in [-0.15, -0.1) is 0 Å². The summed E-state index contributed by atoms with van der Waals surface area (Å²) in [6, 6.07) is 0.573. The van der Waals surface area contributed by atoms with Crippen LogP contribution in [0.25, 0.3) is 0 Å². The Bertz CT molecular complexity index is 190. The first-order valence-corrected chi connectivity index (χ1v) is 7.48. The van der Waals surface area contributed by atoms with Crippen LogP contribution in [0.1, 0.15) is 33.1 Å². The smallest absolute Gasteiger partial charge is 0.0897 e. The van der Waals surface area contributed by atoms with Crippen molar-refractivity contribution in [2.24, 2.45) is 0 Å². The standard InChI is InChI=1S/C12H25NO2S/c1-9(2)15-8-10(14)7-13-11-5-4-6-12(11)16-3/h9-14H,4-8H2,1-3H3. The third-order valence-corrected chi connectivity index (χ3v) is 4.16. The highest BCUT2D eigenvalue weighted by molar-refractivity contribution is 7.99. The molecule has 1 rings (SSSR count). The van der Waals surface area contributed by atoms with Gasteiger partial charge in [-0.3, -0.25) is 0 Å². The fourth-order valence-corrected chi connectivity index (χ4v) is 3.05. The summed E-state index contributed by atoms with van der Waals surface area (Å²) in [5.74, 6) is 0. The Labute approximate surface area is 103 Å². The van der Waals surface area contributed by atoms with Crippen LogP contribution >= 0.6 is 11.8 Å². The number of hydrogen-bond acceptors (Lipinski definition) is 4. The Morgan fingerprint density at radius 2 is 2.19 bits per heavy atom. The first-order valence-electron chi connectivity index (χ1n) is 6.19. The third kappa shape index (κ3) is 5.04. The molecule has 0 aliphatic heterocycles. The molecule has 96 valence electrons.